The maximum Gasteiger partial charge on any atom is 0.416 e. The van der Waals surface area contributed by atoms with Crippen LogP contribution in [-0.4, -0.2) is 36.0 Å². The van der Waals surface area contributed by atoms with Gasteiger partial charge in [-0.25, -0.2) is 0 Å². The van der Waals surface area contributed by atoms with Crippen LogP contribution in [0.1, 0.15) is 11.1 Å². The third-order valence-corrected chi connectivity index (χ3v) is 4.58. The lowest BCUT2D eigenvalue weighted by atomic mass is 10.1. The average molecular weight is 413 g/mol. The summed E-state index contributed by atoms with van der Waals surface area (Å²) >= 11 is 5.93. The predicted octanol–water partition coefficient (Wildman–Crippen LogP) is 3.72. The lowest BCUT2D eigenvalue weighted by Gasteiger charge is -2.34. The van der Waals surface area contributed by atoms with E-state index < -0.39 is 23.7 Å². The van der Waals surface area contributed by atoms with Crippen LogP contribution in [0.3, 0.4) is 0 Å². The molecule has 0 aliphatic carbocycles. The molecule has 148 valence electrons. The van der Waals surface area contributed by atoms with E-state index in [1.807, 2.05) is 6.07 Å². The van der Waals surface area contributed by atoms with Crippen molar-refractivity contribution in [3.8, 4) is 0 Å². The van der Waals surface area contributed by atoms with Crippen molar-refractivity contribution in [1.29, 1.82) is 0 Å². The Bertz CT molecular complexity index is 874. The van der Waals surface area contributed by atoms with Crippen molar-refractivity contribution in [2.24, 2.45) is 0 Å². The van der Waals surface area contributed by atoms with Crippen molar-refractivity contribution in [2.75, 3.05) is 18.5 Å². The third kappa shape index (κ3) is 4.63. The van der Waals surface area contributed by atoms with Gasteiger partial charge in [0.25, 0.3) is 0 Å². The van der Waals surface area contributed by atoms with Crippen molar-refractivity contribution < 1.29 is 27.5 Å². The first-order valence-corrected chi connectivity index (χ1v) is 8.72. The van der Waals surface area contributed by atoms with Gasteiger partial charge in [-0.05, 0) is 23.8 Å². The number of nitrogens with one attached hydrogen (secondary N) is 1. The first kappa shape index (κ1) is 20.2. The third-order valence-electron chi connectivity index (χ3n) is 4.25. The van der Waals surface area contributed by atoms with Gasteiger partial charge in [0.2, 0.25) is 11.8 Å². The van der Waals surface area contributed by atoms with E-state index in [-0.39, 0.29) is 36.4 Å². The number of benzene rings is 2. The highest BCUT2D eigenvalue weighted by Crippen LogP contribution is 2.34. The Morgan fingerprint density at radius 1 is 1.21 bits per heavy atom. The molecule has 9 heteroatoms. The molecule has 0 bridgehead atoms. The SMILES string of the molecule is O=C(Nc1cc(C(F)(F)F)ccc1Cl)[C@H]1COCC(=O)N1Cc1ccccc1. The van der Waals surface area contributed by atoms with Gasteiger partial charge in [0, 0.05) is 6.54 Å². The number of nitrogens with zero attached hydrogens (tertiary/aromatic N) is 1. The zero-order valence-electron chi connectivity index (χ0n) is 14.5. The van der Waals surface area contributed by atoms with Gasteiger partial charge >= 0.3 is 6.18 Å². The highest BCUT2D eigenvalue weighted by molar-refractivity contribution is 6.33. The average Bonchev–Trinajstić information content (AvgIpc) is 2.65. The van der Waals surface area contributed by atoms with Gasteiger partial charge in [0.05, 0.1) is 22.9 Å². The van der Waals surface area contributed by atoms with Crippen LogP contribution in [0.25, 0.3) is 0 Å². The van der Waals surface area contributed by atoms with E-state index in [9.17, 15) is 22.8 Å². The van der Waals surface area contributed by atoms with Crippen LogP contribution in [-0.2, 0) is 27.0 Å². The van der Waals surface area contributed by atoms with Crippen LogP contribution in [0.4, 0.5) is 18.9 Å². The number of hydrogen-bond acceptors (Lipinski definition) is 3. The molecule has 2 amide bonds. The van der Waals surface area contributed by atoms with Gasteiger partial charge in [-0.2, -0.15) is 13.2 Å². The van der Waals surface area contributed by atoms with Gasteiger partial charge in [-0.1, -0.05) is 41.9 Å². The Kier molecular flexibility index (Phi) is 5.90. The van der Waals surface area contributed by atoms with Crippen LogP contribution in [0, 0.1) is 0 Å². The summed E-state index contributed by atoms with van der Waals surface area (Å²) in [5.74, 6) is -1.06. The van der Waals surface area contributed by atoms with Gasteiger partial charge < -0.3 is 15.0 Å². The second-order valence-corrected chi connectivity index (χ2v) is 6.63. The molecule has 3 rings (SSSR count). The molecule has 1 saturated heterocycles. The highest BCUT2D eigenvalue weighted by atomic mass is 35.5. The van der Waals surface area contributed by atoms with E-state index >= 15 is 0 Å². The Morgan fingerprint density at radius 3 is 2.61 bits per heavy atom. The number of carbonyl (C=O) groups is 2. The molecule has 2 aromatic carbocycles. The summed E-state index contributed by atoms with van der Waals surface area (Å²) in [5, 5.41) is 2.34. The number of rotatable bonds is 4. The standard InChI is InChI=1S/C19H16ClF3N2O3/c20-14-7-6-13(19(21,22)23)8-15(14)24-18(27)16-10-28-11-17(26)25(16)9-12-4-2-1-3-5-12/h1-8,16H,9-11H2,(H,24,27)/t16-/m1/s1. The molecular weight excluding hydrogens is 397 g/mol. The fourth-order valence-corrected chi connectivity index (χ4v) is 2.98. The largest absolute Gasteiger partial charge is 0.416 e. The van der Waals surface area contributed by atoms with Crippen LogP contribution in [0.5, 0.6) is 0 Å². The van der Waals surface area contributed by atoms with E-state index in [4.69, 9.17) is 16.3 Å². The molecular formula is C19H16ClF3N2O3. The Morgan fingerprint density at radius 2 is 1.93 bits per heavy atom. The number of morpholine rings is 1. The minimum atomic E-state index is -4.58. The topological polar surface area (TPSA) is 58.6 Å². The first-order valence-electron chi connectivity index (χ1n) is 8.34. The molecule has 2 aromatic rings. The summed E-state index contributed by atoms with van der Waals surface area (Å²) in [7, 11) is 0. The van der Waals surface area contributed by atoms with E-state index in [1.54, 1.807) is 24.3 Å². The summed E-state index contributed by atoms with van der Waals surface area (Å²) in [4.78, 5) is 26.3. The number of anilines is 1. The van der Waals surface area contributed by atoms with Gasteiger partial charge in [-0.3, -0.25) is 9.59 Å². The summed E-state index contributed by atoms with van der Waals surface area (Å²) in [6, 6.07) is 10.7. The van der Waals surface area contributed by atoms with Crippen LogP contribution >= 0.6 is 11.6 Å². The van der Waals surface area contributed by atoms with Crippen molar-refractivity contribution in [2.45, 2.75) is 18.8 Å². The smallest absolute Gasteiger partial charge is 0.369 e. The minimum absolute atomic E-state index is 0.0426. The van der Waals surface area contributed by atoms with Crippen molar-refractivity contribution >= 4 is 29.1 Å². The second-order valence-electron chi connectivity index (χ2n) is 6.22. The number of amides is 2. The van der Waals surface area contributed by atoms with E-state index in [2.05, 4.69) is 5.32 Å². The zero-order chi connectivity index (χ0) is 20.3. The van der Waals surface area contributed by atoms with Gasteiger partial charge in [0.1, 0.15) is 12.6 Å². The Hall–Kier alpha value is -2.58. The molecule has 1 atom stereocenters. The highest BCUT2D eigenvalue weighted by Gasteiger charge is 2.35. The summed E-state index contributed by atoms with van der Waals surface area (Å²) in [6.45, 7) is -0.0562. The molecule has 0 unspecified atom stereocenters. The molecule has 0 saturated carbocycles. The van der Waals surface area contributed by atoms with E-state index in [1.165, 1.54) is 4.90 Å². The molecule has 1 aliphatic heterocycles. The van der Waals surface area contributed by atoms with Gasteiger partial charge in [0.15, 0.2) is 0 Å². The van der Waals surface area contributed by atoms with Crippen LogP contribution < -0.4 is 5.32 Å². The van der Waals surface area contributed by atoms with E-state index in [0.29, 0.717) is 0 Å². The molecule has 0 radical (unpaired) electrons. The minimum Gasteiger partial charge on any atom is -0.369 e. The van der Waals surface area contributed by atoms with Gasteiger partial charge in [-0.15, -0.1) is 0 Å². The normalized spacial score (nSPS) is 17.5. The lowest BCUT2D eigenvalue weighted by molar-refractivity contribution is -0.154. The second kappa shape index (κ2) is 8.20. The molecule has 0 spiro atoms. The number of hydrogen-bond donors (Lipinski definition) is 1. The first-order chi connectivity index (χ1) is 13.3. The maximum atomic E-state index is 12.9. The number of carbonyl (C=O) groups excluding carboxylic acids is 2. The van der Waals surface area contributed by atoms with E-state index in [0.717, 1.165) is 23.8 Å². The molecule has 28 heavy (non-hydrogen) atoms. The Balaban J connectivity index is 1.81. The molecule has 1 aliphatic rings. The summed E-state index contributed by atoms with van der Waals surface area (Å²) in [5.41, 5.74) is -0.309. The van der Waals surface area contributed by atoms with Crippen molar-refractivity contribution in [3.05, 3.63) is 64.7 Å². The van der Waals surface area contributed by atoms with Crippen molar-refractivity contribution in [1.82, 2.24) is 4.90 Å². The predicted molar refractivity (Wildman–Crippen MR) is 96.7 cm³/mol. The van der Waals surface area contributed by atoms with Crippen LogP contribution in [0.2, 0.25) is 5.02 Å². The molecule has 5 nitrogen and oxygen atoms in total. The Labute approximate surface area is 164 Å². The quantitative estimate of drug-likeness (QED) is 0.832. The van der Waals surface area contributed by atoms with Crippen molar-refractivity contribution in [3.63, 3.8) is 0 Å². The summed E-state index contributed by atoms with van der Waals surface area (Å²) in [6.07, 6.45) is -4.58. The molecule has 0 aromatic heterocycles. The maximum absolute atomic E-state index is 12.9. The monoisotopic (exact) mass is 412 g/mol. The summed E-state index contributed by atoms with van der Waals surface area (Å²) < 4.78 is 43.9. The number of halogens is 4. The lowest BCUT2D eigenvalue weighted by Crippen LogP contribution is -2.54. The number of alkyl halides is 3. The molecule has 1 fully saturated rings. The molecule has 1 heterocycles. The van der Waals surface area contributed by atoms with Crippen LogP contribution in [0.15, 0.2) is 48.5 Å². The molecule has 1 N–H and O–H groups in total. The zero-order valence-corrected chi connectivity index (χ0v) is 15.3. The number of ether oxygens (including phenoxy) is 1. The fourth-order valence-electron chi connectivity index (χ4n) is 2.81. The fraction of sp³-hybridized carbons (Fsp3) is 0.263.